The number of hydrogen-bond acceptors (Lipinski definition) is 5. The molecule has 1 aromatic heterocycles. The average Bonchev–Trinajstić information content (AvgIpc) is 3.20. The maximum Gasteiger partial charge on any atom is 0.228 e. The third-order valence-corrected chi connectivity index (χ3v) is 4.95. The molecule has 5 heteroatoms. The third kappa shape index (κ3) is 2.48. The van der Waals surface area contributed by atoms with E-state index in [-0.39, 0.29) is 12.2 Å². The molecule has 0 amide bonds. The van der Waals surface area contributed by atoms with E-state index >= 15 is 0 Å². The van der Waals surface area contributed by atoms with Crippen LogP contribution < -0.4 is 9.64 Å². The molecule has 0 unspecified atom stereocenters. The standard InChI is InChI=1S/C16H23N3O2/c20-13-7-4-8-14(13)21-15-11-5-3-6-12(11)17-16(18-15)19-9-1-2-10-19/h13-14,20H,1-10H2/t13-,14-/m1/s1. The molecule has 1 saturated carbocycles. The van der Waals surface area contributed by atoms with E-state index in [0.717, 1.165) is 69.1 Å². The first-order chi connectivity index (χ1) is 10.3. The molecule has 2 aliphatic carbocycles. The van der Waals surface area contributed by atoms with E-state index in [1.807, 2.05) is 0 Å². The summed E-state index contributed by atoms with van der Waals surface area (Å²) in [6, 6.07) is 0. The zero-order valence-electron chi connectivity index (χ0n) is 12.4. The zero-order chi connectivity index (χ0) is 14.2. The van der Waals surface area contributed by atoms with Crippen LogP contribution in [0.5, 0.6) is 5.88 Å². The second kappa shape index (κ2) is 5.44. The predicted octanol–water partition coefficient (Wildman–Crippen LogP) is 1.86. The Morgan fingerprint density at radius 1 is 1.00 bits per heavy atom. The first-order valence-corrected chi connectivity index (χ1v) is 8.31. The van der Waals surface area contributed by atoms with Crippen molar-refractivity contribution in [3.8, 4) is 5.88 Å². The number of aromatic nitrogens is 2. The Labute approximate surface area is 125 Å². The smallest absolute Gasteiger partial charge is 0.228 e. The second-order valence-electron chi connectivity index (χ2n) is 6.46. The molecule has 3 aliphatic rings. The molecule has 0 radical (unpaired) electrons. The Balaban J connectivity index is 1.64. The molecule has 1 aliphatic heterocycles. The van der Waals surface area contributed by atoms with Crippen LogP contribution in [0, 0.1) is 0 Å². The van der Waals surface area contributed by atoms with Crippen LogP contribution in [0.25, 0.3) is 0 Å². The number of aliphatic hydroxyl groups excluding tert-OH is 1. The summed E-state index contributed by atoms with van der Waals surface area (Å²) in [5.41, 5.74) is 2.34. The minimum Gasteiger partial charge on any atom is -0.471 e. The highest BCUT2D eigenvalue weighted by Gasteiger charge is 2.30. The number of anilines is 1. The lowest BCUT2D eigenvalue weighted by Gasteiger charge is -2.21. The molecule has 0 spiro atoms. The van der Waals surface area contributed by atoms with Gasteiger partial charge in [0, 0.05) is 18.7 Å². The molecule has 2 fully saturated rings. The van der Waals surface area contributed by atoms with Crippen molar-refractivity contribution in [1.29, 1.82) is 0 Å². The number of hydrogen-bond donors (Lipinski definition) is 1. The average molecular weight is 289 g/mol. The van der Waals surface area contributed by atoms with Gasteiger partial charge in [0.05, 0.1) is 11.8 Å². The number of ether oxygens (including phenoxy) is 1. The first kappa shape index (κ1) is 13.3. The summed E-state index contributed by atoms with van der Waals surface area (Å²) in [5.74, 6) is 1.57. The highest BCUT2D eigenvalue weighted by Crippen LogP contribution is 2.33. The predicted molar refractivity (Wildman–Crippen MR) is 79.8 cm³/mol. The molecular weight excluding hydrogens is 266 g/mol. The minimum atomic E-state index is -0.341. The fourth-order valence-corrected chi connectivity index (χ4v) is 3.73. The lowest BCUT2D eigenvalue weighted by Crippen LogP contribution is -2.27. The molecule has 1 N–H and O–H groups in total. The van der Waals surface area contributed by atoms with Gasteiger partial charge in [0.15, 0.2) is 0 Å². The molecule has 0 aromatic carbocycles. The summed E-state index contributed by atoms with van der Waals surface area (Å²) in [5, 5.41) is 10.0. The van der Waals surface area contributed by atoms with Crippen LogP contribution in [0.3, 0.4) is 0 Å². The van der Waals surface area contributed by atoms with E-state index in [2.05, 4.69) is 4.90 Å². The Kier molecular flexibility index (Phi) is 3.45. The summed E-state index contributed by atoms with van der Waals surface area (Å²) in [6.07, 6.45) is 8.00. The summed E-state index contributed by atoms with van der Waals surface area (Å²) in [4.78, 5) is 11.7. The van der Waals surface area contributed by atoms with Gasteiger partial charge >= 0.3 is 0 Å². The van der Waals surface area contributed by atoms with Gasteiger partial charge in [-0.3, -0.25) is 0 Å². The van der Waals surface area contributed by atoms with Crippen LogP contribution in [0.15, 0.2) is 0 Å². The molecule has 4 rings (SSSR count). The monoisotopic (exact) mass is 289 g/mol. The summed E-state index contributed by atoms with van der Waals surface area (Å²) >= 11 is 0. The number of aryl methyl sites for hydroxylation is 1. The molecule has 1 aromatic rings. The Bertz CT molecular complexity index is 528. The molecule has 114 valence electrons. The van der Waals surface area contributed by atoms with Gasteiger partial charge in [-0.2, -0.15) is 4.98 Å². The first-order valence-electron chi connectivity index (χ1n) is 8.31. The topological polar surface area (TPSA) is 58.5 Å². The summed E-state index contributed by atoms with van der Waals surface area (Å²) < 4.78 is 6.10. The molecule has 1 saturated heterocycles. The van der Waals surface area contributed by atoms with Crippen molar-refractivity contribution in [3.05, 3.63) is 11.3 Å². The van der Waals surface area contributed by atoms with E-state index in [1.165, 1.54) is 18.4 Å². The van der Waals surface area contributed by atoms with Gasteiger partial charge in [-0.1, -0.05) is 0 Å². The fraction of sp³-hybridized carbons (Fsp3) is 0.750. The van der Waals surface area contributed by atoms with Crippen LogP contribution in [0.4, 0.5) is 5.95 Å². The van der Waals surface area contributed by atoms with E-state index in [0.29, 0.717) is 0 Å². The van der Waals surface area contributed by atoms with E-state index in [4.69, 9.17) is 14.7 Å². The number of fused-ring (bicyclic) bond motifs is 1. The quantitative estimate of drug-likeness (QED) is 0.920. The lowest BCUT2D eigenvalue weighted by molar-refractivity contribution is 0.0567. The van der Waals surface area contributed by atoms with Crippen LogP contribution >= 0.6 is 0 Å². The molecule has 2 atom stereocenters. The maximum atomic E-state index is 10.0. The SMILES string of the molecule is O[C@@H]1CCC[C@H]1Oc1nc(N2CCCC2)nc2c1CCC2. The van der Waals surface area contributed by atoms with Crippen LogP contribution in [-0.2, 0) is 12.8 Å². The maximum absolute atomic E-state index is 10.0. The highest BCUT2D eigenvalue weighted by molar-refractivity contribution is 5.43. The van der Waals surface area contributed by atoms with Crippen molar-refractivity contribution in [3.63, 3.8) is 0 Å². The Morgan fingerprint density at radius 2 is 1.86 bits per heavy atom. The Hall–Kier alpha value is -1.36. The molecule has 21 heavy (non-hydrogen) atoms. The number of nitrogens with zero attached hydrogens (tertiary/aromatic N) is 3. The minimum absolute atomic E-state index is 0.0870. The lowest BCUT2D eigenvalue weighted by atomic mass is 10.2. The van der Waals surface area contributed by atoms with Gasteiger partial charge in [-0.15, -0.1) is 0 Å². The molecule has 2 heterocycles. The van der Waals surface area contributed by atoms with Gasteiger partial charge in [-0.05, 0) is 51.4 Å². The van der Waals surface area contributed by atoms with Crippen LogP contribution in [0.2, 0.25) is 0 Å². The van der Waals surface area contributed by atoms with Crippen molar-refractivity contribution in [2.45, 2.75) is 63.6 Å². The Morgan fingerprint density at radius 3 is 2.62 bits per heavy atom. The van der Waals surface area contributed by atoms with Crippen molar-refractivity contribution in [2.75, 3.05) is 18.0 Å². The number of rotatable bonds is 3. The van der Waals surface area contributed by atoms with Crippen molar-refractivity contribution in [2.24, 2.45) is 0 Å². The van der Waals surface area contributed by atoms with Crippen molar-refractivity contribution < 1.29 is 9.84 Å². The largest absolute Gasteiger partial charge is 0.471 e. The van der Waals surface area contributed by atoms with Crippen LogP contribution in [0.1, 0.15) is 49.8 Å². The van der Waals surface area contributed by atoms with Crippen molar-refractivity contribution >= 4 is 5.95 Å². The fourth-order valence-electron chi connectivity index (χ4n) is 3.73. The van der Waals surface area contributed by atoms with E-state index in [1.54, 1.807) is 0 Å². The summed E-state index contributed by atoms with van der Waals surface area (Å²) in [7, 11) is 0. The molecule has 5 nitrogen and oxygen atoms in total. The van der Waals surface area contributed by atoms with E-state index < -0.39 is 0 Å². The molecular formula is C16H23N3O2. The number of aliphatic hydroxyl groups is 1. The zero-order valence-corrected chi connectivity index (χ0v) is 12.4. The van der Waals surface area contributed by atoms with E-state index in [9.17, 15) is 5.11 Å². The summed E-state index contributed by atoms with van der Waals surface area (Å²) in [6.45, 7) is 2.09. The van der Waals surface area contributed by atoms with Gasteiger partial charge in [0.1, 0.15) is 6.10 Å². The second-order valence-corrected chi connectivity index (χ2v) is 6.46. The van der Waals surface area contributed by atoms with Gasteiger partial charge in [-0.25, -0.2) is 4.98 Å². The third-order valence-electron chi connectivity index (χ3n) is 4.95. The van der Waals surface area contributed by atoms with Crippen LogP contribution in [-0.4, -0.2) is 40.4 Å². The van der Waals surface area contributed by atoms with Gasteiger partial charge in [0.25, 0.3) is 0 Å². The van der Waals surface area contributed by atoms with Gasteiger partial charge < -0.3 is 14.7 Å². The van der Waals surface area contributed by atoms with Crippen molar-refractivity contribution in [1.82, 2.24) is 9.97 Å². The normalized spacial score (nSPS) is 28.1. The van der Waals surface area contributed by atoms with Gasteiger partial charge in [0.2, 0.25) is 11.8 Å². The molecule has 0 bridgehead atoms. The highest BCUT2D eigenvalue weighted by atomic mass is 16.5.